The highest BCUT2D eigenvalue weighted by molar-refractivity contribution is 5.78. The van der Waals surface area contributed by atoms with Crippen LogP contribution in [-0.4, -0.2) is 30.5 Å². The summed E-state index contributed by atoms with van der Waals surface area (Å²) in [7, 11) is 1.67. The SMILES string of the molecule is CC(C)N(C)C(=O)COc1c(N)cccc1F. The van der Waals surface area contributed by atoms with Gasteiger partial charge in [-0.1, -0.05) is 6.07 Å². The van der Waals surface area contributed by atoms with Crippen molar-refractivity contribution in [3.63, 3.8) is 0 Å². The molecule has 1 amide bonds. The van der Waals surface area contributed by atoms with Crippen molar-refractivity contribution in [1.29, 1.82) is 0 Å². The van der Waals surface area contributed by atoms with Gasteiger partial charge in [-0.05, 0) is 26.0 Å². The molecule has 0 heterocycles. The topological polar surface area (TPSA) is 55.6 Å². The summed E-state index contributed by atoms with van der Waals surface area (Å²) < 4.78 is 18.4. The lowest BCUT2D eigenvalue weighted by Gasteiger charge is -2.21. The van der Waals surface area contributed by atoms with E-state index in [0.717, 1.165) is 0 Å². The Morgan fingerprint density at radius 3 is 2.71 bits per heavy atom. The number of amides is 1. The minimum absolute atomic E-state index is 0.0713. The highest BCUT2D eigenvalue weighted by Gasteiger charge is 2.14. The van der Waals surface area contributed by atoms with Gasteiger partial charge in [0.1, 0.15) is 0 Å². The van der Waals surface area contributed by atoms with E-state index in [9.17, 15) is 9.18 Å². The van der Waals surface area contributed by atoms with E-state index in [0.29, 0.717) is 0 Å². The Kier molecular flexibility index (Phi) is 4.31. The van der Waals surface area contributed by atoms with Crippen LogP contribution in [0.15, 0.2) is 18.2 Å². The normalized spacial score (nSPS) is 10.4. The molecular formula is C12H17FN2O2. The van der Waals surface area contributed by atoms with Crippen molar-refractivity contribution in [3.8, 4) is 5.75 Å². The molecule has 0 atom stereocenters. The minimum atomic E-state index is -0.565. The number of ether oxygens (including phenoxy) is 1. The number of carbonyl (C=O) groups is 1. The summed E-state index contributed by atoms with van der Waals surface area (Å²) in [6.45, 7) is 3.55. The molecule has 5 heteroatoms. The van der Waals surface area contributed by atoms with E-state index in [4.69, 9.17) is 10.5 Å². The maximum absolute atomic E-state index is 13.3. The molecule has 0 radical (unpaired) electrons. The Morgan fingerprint density at radius 2 is 2.18 bits per heavy atom. The quantitative estimate of drug-likeness (QED) is 0.814. The summed E-state index contributed by atoms with van der Waals surface area (Å²) in [6.07, 6.45) is 0. The zero-order valence-corrected chi connectivity index (χ0v) is 10.2. The van der Waals surface area contributed by atoms with Crippen molar-refractivity contribution >= 4 is 11.6 Å². The van der Waals surface area contributed by atoms with Crippen molar-refractivity contribution < 1.29 is 13.9 Å². The van der Waals surface area contributed by atoms with Crippen LogP contribution < -0.4 is 10.5 Å². The van der Waals surface area contributed by atoms with Gasteiger partial charge in [-0.15, -0.1) is 0 Å². The summed E-state index contributed by atoms with van der Waals surface area (Å²) >= 11 is 0. The third kappa shape index (κ3) is 3.34. The molecule has 0 unspecified atom stereocenters. The van der Waals surface area contributed by atoms with Gasteiger partial charge in [0.2, 0.25) is 0 Å². The fourth-order valence-electron chi connectivity index (χ4n) is 1.20. The summed E-state index contributed by atoms with van der Waals surface area (Å²) in [5.74, 6) is -0.856. The zero-order chi connectivity index (χ0) is 13.0. The van der Waals surface area contributed by atoms with Gasteiger partial charge in [-0.3, -0.25) is 4.79 Å². The number of halogens is 1. The number of para-hydroxylation sites is 1. The highest BCUT2D eigenvalue weighted by atomic mass is 19.1. The molecule has 1 aromatic rings. The first-order valence-corrected chi connectivity index (χ1v) is 5.36. The third-order valence-electron chi connectivity index (χ3n) is 2.51. The van der Waals surface area contributed by atoms with Crippen LogP contribution in [0.25, 0.3) is 0 Å². The average molecular weight is 240 g/mol. The predicted molar refractivity (Wildman–Crippen MR) is 64.2 cm³/mol. The fourth-order valence-corrected chi connectivity index (χ4v) is 1.20. The van der Waals surface area contributed by atoms with E-state index in [1.54, 1.807) is 7.05 Å². The molecule has 0 bridgehead atoms. The number of benzene rings is 1. The van der Waals surface area contributed by atoms with Crippen LogP contribution >= 0.6 is 0 Å². The second-order valence-corrected chi connectivity index (χ2v) is 4.05. The molecule has 0 aliphatic rings. The molecule has 94 valence electrons. The lowest BCUT2D eigenvalue weighted by molar-refractivity contribution is -0.133. The van der Waals surface area contributed by atoms with Gasteiger partial charge in [0, 0.05) is 13.1 Å². The smallest absolute Gasteiger partial charge is 0.260 e. The van der Waals surface area contributed by atoms with Crippen molar-refractivity contribution in [3.05, 3.63) is 24.0 Å². The van der Waals surface area contributed by atoms with Crippen LogP contribution in [0.5, 0.6) is 5.75 Å². The van der Waals surface area contributed by atoms with E-state index < -0.39 is 5.82 Å². The number of likely N-dealkylation sites (N-methyl/N-ethyl adjacent to an activating group) is 1. The molecule has 2 N–H and O–H groups in total. The molecule has 17 heavy (non-hydrogen) atoms. The van der Waals surface area contributed by atoms with Crippen molar-refractivity contribution in [2.45, 2.75) is 19.9 Å². The van der Waals surface area contributed by atoms with Crippen molar-refractivity contribution in [2.24, 2.45) is 0 Å². The Morgan fingerprint density at radius 1 is 1.53 bits per heavy atom. The van der Waals surface area contributed by atoms with Crippen LogP contribution in [0.3, 0.4) is 0 Å². The third-order valence-corrected chi connectivity index (χ3v) is 2.51. The monoisotopic (exact) mass is 240 g/mol. The number of hydrogen-bond acceptors (Lipinski definition) is 3. The van der Waals surface area contributed by atoms with Crippen molar-refractivity contribution in [1.82, 2.24) is 4.90 Å². The van der Waals surface area contributed by atoms with Gasteiger partial charge in [0.05, 0.1) is 5.69 Å². The fraction of sp³-hybridized carbons (Fsp3) is 0.417. The first-order chi connectivity index (χ1) is 7.93. The molecule has 0 saturated heterocycles. The Labute approximate surface area is 100 Å². The average Bonchev–Trinajstić information content (AvgIpc) is 2.26. The molecule has 0 aliphatic carbocycles. The molecule has 0 saturated carbocycles. The van der Waals surface area contributed by atoms with Crippen LogP contribution in [0.1, 0.15) is 13.8 Å². The molecule has 0 spiro atoms. The minimum Gasteiger partial charge on any atom is -0.479 e. The molecule has 4 nitrogen and oxygen atoms in total. The van der Waals surface area contributed by atoms with Gasteiger partial charge in [-0.25, -0.2) is 4.39 Å². The van der Waals surface area contributed by atoms with Gasteiger partial charge in [0.25, 0.3) is 5.91 Å². The maximum atomic E-state index is 13.3. The number of hydrogen-bond donors (Lipinski definition) is 1. The highest BCUT2D eigenvalue weighted by Crippen LogP contribution is 2.24. The van der Waals surface area contributed by atoms with Gasteiger partial charge in [-0.2, -0.15) is 0 Å². The Balaban J connectivity index is 2.65. The number of carbonyl (C=O) groups excluding carboxylic acids is 1. The van der Waals surface area contributed by atoms with Crippen LogP contribution in [-0.2, 0) is 4.79 Å². The molecular weight excluding hydrogens is 223 g/mol. The first kappa shape index (κ1) is 13.3. The largest absolute Gasteiger partial charge is 0.479 e. The van der Waals surface area contributed by atoms with Gasteiger partial charge >= 0.3 is 0 Å². The number of nitrogens with two attached hydrogens (primary N) is 1. The number of nitrogens with zero attached hydrogens (tertiary/aromatic N) is 1. The molecule has 0 aromatic heterocycles. The zero-order valence-electron chi connectivity index (χ0n) is 10.2. The van der Waals surface area contributed by atoms with E-state index >= 15 is 0 Å². The van der Waals surface area contributed by atoms with E-state index in [1.807, 2.05) is 13.8 Å². The van der Waals surface area contributed by atoms with Gasteiger partial charge in [0.15, 0.2) is 18.2 Å². The lowest BCUT2D eigenvalue weighted by Crippen LogP contribution is -2.36. The second kappa shape index (κ2) is 5.52. The van der Waals surface area contributed by atoms with Crippen LogP contribution in [0, 0.1) is 5.82 Å². The van der Waals surface area contributed by atoms with E-state index in [1.165, 1.54) is 23.1 Å². The van der Waals surface area contributed by atoms with Gasteiger partial charge < -0.3 is 15.4 Å². The summed E-state index contributed by atoms with van der Waals surface area (Å²) in [4.78, 5) is 13.1. The molecule has 0 aliphatic heterocycles. The Hall–Kier alpha value is -1.78. The lowest BCUT2D eigenvalue weighted by atomic mass is 10.3. The van der Waals surface area contributed by atoms with Crippen molar-refractivity contribution in [2.75, 3.05) is 19.4 Å². The molecule has 1 aromatic carbocycles. The maximum Gasteiger partial charge on any atom is 0.260 e. The number of anilines is 1. The van der Waals surface area contributed by atoms with Crippen LogP contribution in [0.4, 0.5) is 10.1 Å². The standard InChI is InChI=1S/C12H17FN2O2/c1-8(2)15(3)11(16)7-17-12-9(13)5-4-6-10(12)14/h4-6,8H,7,14H2,1-3H3. The van der Waals surface area contributed by atoms with Crippen LogP contribution in [0.2, 0.25) is 0 Å². The summed E-state index contributed by atoms with van der Waals surface area (Å²) in [5.41, 5.74) is 5.74. The second-order valence-electron chi connectivity index (χ2n) is 4.05. The predicted octanol–water partition coefficient (Wildman–Crippen LogP) is 1.65. The van der Waals surface area contributed by atoms with E-state index in [-0.39, 0.29) is 30.0 Å². The first-order valence-electron chi connectivity index (χ1n) is 5.36. The summed E-state index contributed by atoms with van der Waals surface area (Å²) in [5, 5.41) is 0. The number of nitrogen functional groups attached to an aromatic ring is 1. The summed E-state index contributed by atoms with van der Waals surface area (Å²) in [6, 6.07) is 4.32. The van der Waals surface area contributed by atoms with E-state index in [2.05, 4.69) is 0 Å². The molecule has 0 fully saturated rings. The Bertz CT molecular complexity index is 387. The number of rotatable bonds is 4. The molecule has 1 rings (SSSR count).